The Hall–Kier alpha value is -5.51. The lowest BCUT2D eigenvalue weighted by Crippen LogP contribution is -2.52. The van der Waals surface area contributed by atoms with Crippen molar-refractivity contribution in [3.63, 3.8) is 0 Å². The van der Waals surface area contributed by atoms with Gasteiger partial charge in [-0.05, 0) is 75.7 Å². The summed E-state index contributed by atoms with van der Waals surface area (Å²) in [5.41, 5.74) is 5.53. The second-order valence-corrected chi connectivity index (χ2v) is 11.9. The van der Waals surface area contributed by atoms with E-state index in [2.05, 4.69) is 16.1 Å². The van der Waals surface area contributed by atoms with Crippen LogP contribution in [-0.2, 0) is 48.7 Å². The van der Waals surface area contributed by atoms with Gasteiger partial charge in [0.25, 0.3) is 0 Å². The maximum Gasteiger partial charge on any atom is 0.416 e. The number of carbonyl (C=O) groups excluding carboxylic acids is 2. The van der Waals surface area contributed by atoms with Crippen LogP contribution < -0.4 is 0 Å². The lowest BCUT2D eigenvalue weighted by Gasteiger charge is -2.36. The van der Waals surface area contributed by atoms with E-state index in [1.54, 1.807) is 40.1 Å². The highest BCUT2D eigenvalue weighted by Crippen LogP contribution is 2.29. The summed E-state index contributed by atoms with van der Waals surface area (Å²) in [6.45, 7) is 1.08. The Kier molecular flexibility index (Phi) is 9.52. The van der Waals surface area contributed by atoms with Gasteiger partial charge in [-0.1, -0.05) is 60.7 Å². The zero-order chi connectivity index (χ0) is 33.7. The van der Waals surface area contributed by atoms with Gasteiger partial charge in [0.05, 0.1) is 11.8 Å². The summed E-state index contributed by atoms with van der Waals surface area (Å²) in [7, 11) is 1.79. The van der Waals surface area contributed by atoms with E-state index in [9.17, 15) is 22.8 Å². The lowest BCUT2D eigenvalue weighted by molar-refractivity contribution is -0.144. The van der Waals surface area contributed by atoms with Gasteiger partial charge in [-0.3, -0.25) is 19.3 Å². The minimum atomic E-state index is -4.46. The van der Waals surface area contributed by atoms with E-state index >= 15 is 0 Å². The van der Waals surface area contributed by atoms with Crippen molar-refractivity contribution in [2.75, 3.05) is 6.54 Å². The standard InChI is InChI=1S/C38H34F3N5O2/c1-44-24-29(23-43-44)22-35(37(48)45-21-18-30-4-2-3-5-33(30)26-45)46(25-28-6-11-31(12-7-28)32-16-19-42-20-17-32)36(47)15-10-27-8-13-34(14-9-27)38(39,40)41/h2-17,19-20,23-24,35H,18,21-22,25-26H2,1H3/b15-10+/t35-/m0/s1. The predicted molar refractivity (Wildman–Crippen MR) is 177 cm³/mol. The van der Waals surface area contributed by atoms with Crippen molar-refractivity contribution in [2.24, 2.45) is 7.05 Å². The Balaban J connectivity index is 1.33. The van der Waals surface area contributed by atoms with Crippen molar-refractivity contribution in [3.05, 3.63) is 149 Å². The molecule has 2 aromatic heterocycles. The van der Waals surface area contributed by atoms with Crippen molar-refractivity contribution in [2.45, 2.75) is 38.1 Å². The Bertz CT molecular complexity index is 1900. The fraction of sp³-hybridized carbons (Fsp3) is 0.211. The molecule has 48 heavy (non-hydrogen) atoms. The van der Waals surface area contributed by atoms with Crippen molar-refractivity contribution in [1.29, 1.82) is 0 Å². The van der Waals surface area contributed by atoms with Crippen LogP contribution in [0.25, 0.3) is 17.2 Å². The fourth-order valence-electron chi connectivity index (χ4n) is 5.96. The summed E-state index contributed by atoms with van der Waals surface area (Å²) < 4.78 is 41.0. The molecule has 0 spiro atoms. The number of halogens is 3. The molecule has 2 amide bonds. The SMILES string of the molecule is Cn1cc(C[C@@H](C(=O)N2CCc3ccccc3C2)N(Cc2ccc(-c3ccncc3)cc2)C(=O)/C=C/c2ccc(C(F)(F)F)cc2)cn1. The Labute approximate surface area is 277 Å². The van der Waals surface area contributed by atoms with Crippen LogP contribution in [0.1, 0.15) is 33.4 Å². The van der Waals surface area contributed by atoms with Gasteiger partial charge in [-0.15, -0.1) is 0 Å². The van der Waals surface area contributed by atoms with Crippen molar-refractivity contribution < 1.29 is 22.8 Å². The fourth-order valence-corrected chi connectivity index (χ4v) is 5.96. The van der Waals surface area contributed by atoms with Gasteiger partial charge in [0.1, 0.15) is 6.04 Å². The van der Waals surface area contributed by atoms with Gasteiger partial charge in [-0.25, -0.2) is 0 Å². The zero-order valence-electron chi connectivity index (χ0n) is 26.3. The van der Waals surface area contributed by atoms with Crippen LogP contribution in [0.4, 0.5) is 13.2 Å². The second kappa shape index (κ2) is 14.1. The number of carbonyl (C=O) groups is 2. The topological polar surface area (TPSA) is 71.3 Å². The number of fused-ring (bicyclic) bond motifs is 1. The molecule has 0 radical (unpaired) electrons. The third-order valence-corrected chi connectivity index (χ3v) is 8.55. The highest BCUT2D eigenvalue weighted by Gasteiger charge is 2.34. The van der Waals surface area contributed by atoms with Crippen LogP contribution in [0.2, 0.25) is 0 Å². The number of amides is 2. The molecule has 1 aliphatic heterocycles. The van der Waals surface area contributed by atoms with Crippen molar-refractivity contribution in [1.82, 2.24) is 24.6 Å². The van der Waals surface area contributed by atoms with Gasteiger partial charge >= 0.3 is 6.18 Å². The number of alkyl halides is 3. The first-order chi connectivity index (χ1) is 23.1. The highest BCUT2D eigenvalue weighted by atomic mass is 19.4. The van der Waals surface area contributed by atoms with Gasteiger partial charge in [-0.2, -0.15) is 18.3 Å². The molecule has 0 bridgehead atoms. The smallest absolute Gasteiger partial charge is 0.336 e. The van der Waals surface area contributed by atoms with Crippen LogP contribution in [0.15, 0.2) is 116 Å². The number of aromatic nitrogens is 3. The predicted octanol–water partition coefficient (Wildman–Crippen LogP) is 6.74. The first-order valence-corrected chi connectivity index (χ1v) is 15.6. The largest absolute Gasteiger partial charge is 0.416 e. The number of hydrogen-bond acceptors (Lipinski definition) is 4. The Morgan fingerprint density at radius 1 is 0.896 bits per heavy atom. The van der Waals surface area contributed by atoms with E-state index in [1.807, 2.05) is 60.8 Å². The molecule has 1 aliphatic rings. The van der Waals surface area contributed by atoms with E-state index < -0.39 is 23.7 Å². The Morgan fingerprint density at radius 3 is 2.25 bits per heavy atom. The summed E-state index contributed by atoms with van der Waals surface area (Å²) in [6.07, 6.45) is 6.25. The average Bonchev–Trinajstić information content (AvgIpc) is 3.52. The molecular weight excluding hydrogens is 615 g/mol. The third kappa shape index (κ3) is 7.71. The van der Waals surface area contributed by atoms with E-state index in [-0.39, 0.29) is 18.9 Å². The Morgan fingerprint density at radius 2 is 1.58 bits per heavy atom. The molecule has 0 aliphatic carbocycles. The maximum absolute atomic E-state index is 14.5. The number of benzene rings is 3. The molecule has 10 heteroatoms. The van der Waals surface area contributed by atoms with Crippen LogP contribution in [0, 0.1) is 0 Å². The molecule has 3 heterocycles. The molecular formula is C38H34F3N5O2. The highest BCUT2D eigenvalue weighted by molar-refractivity contribution is 5.96. The average molecular weight is 650 g/mol. The van der Waals surface area contributed by atoms with Crippen LogP contribution in [0.3, 0.4) is 0 Å². The molecule has 7 nitrogen and oxygen atoms in total. The number of pyridine rings is 1. The molecule has 3 aromatic carbocycles. The van der Waals surface area contributed by atoms with Gasteiger partial charge in [0.2, 0.25) is 11.8 Å². The van der Waals surface area contributed by atoms with Crippen LogP contribution in [0.5, 0.6) is 0 Å². The molecule has 6 rings (SSSR count). The molecule has 0 N–H and O–H groups in total. The van der Waals surface area contributed by atoms with E-state index in [1.165, 1.54) is 29.8 Å². The second-order valence-electron chi connectivity index (χ2n) is 11.9. The number of aryl methyl sites for hydroxylation is 1. The molecule has 244 valence electrons. The van der Waals surface area contributed by atoms with Crippen molar-refractivity contribution >= 4 is 17.9 Å². The first-order valence-electron chi connectivity index (χ1n) is 15.6. The summed E-state index contributed by atoms with van der Waals surface area (Å²) in [4.78, 5) is 36.0. The minimum Gasteiger partial charge on any atom is -0.336 e. The third-order valence-electron chi connectivity index (χ3n) is 8.55. The summed E-state index contributed by atoms with van der Waals surface area (Å²) >= 11 is 0. The molecule has 0 saturated heterocycles. The van der Waals surface area contributed by atoms with Crippen LogP contribution in [-0.4, -0.2) is 49.0 Å². The number of nitrogens with zero attached hydrogens (tertiary/aromatic N) is 5. The van der Waals surface area contributed by atoms with Crippen LogP contribution >= 0.6 is 0 Å². The molecule has 0 saturated carbocycles. The molecule has 0 fully saturated rings. The molecule has 5 aromatic rings. The first kappa shape index (κ1) is 32.4. The van der Waals surface area contributed by atoms with Gasteiger partial charge in [0, 0.05) is 57.8 Å². The van der Waals surface area contributed by atoms with E-state index in [4.69, 9.17) is 0 Å². The summed E-state index contributed by atoms with van der Waals surface area (Å²) in [5, 5.41) is 4.29. The maximum atomic E-state index is 14.5. The van der Waals surface area contributed by atoms with E-state index in [0.717, 1.165) is 39.9 Å². The molecule has 1 atom stereocenters. The van der Waals surface area contributed by atoms with E-state index in [0.29, 0.717) is 25.1 Å². The lowest BCUT2D eigenvalue weighted by atomic mass is 9.97. The van der Waals surface area contributed by atoms with Gasteiger partial charge in [0.15, 0.2) is 0 Å². The monoisotopic (exact) mass is 649 g/mol. The van der Waals surface area contributed by atoms with Crippen molar-refractivity contribution in [3.8, 4) is 11.1 Å². The quantitative estimate of drug-likeness (QED) is 0.166. The number of rotatable bonds is 9. The number of hydrogen-bond donors (Lipinski definition) is 0. The normalized spacial score (nSPS) is 13.7. The zero-order valence-corrected chi connectivity index (χ0v) is 26.3. The summed E-state index contributed by atoms with van der Waals surface area (Å²) in [5.74, 6) is -0.620. The summed E-state index contributed by atoms with van der Waals surface area (Å²) in [6, 6.07) is 23.4. The minimum absolute atomic E-state index is 0.133. The van der Waals surface area contributed by atoms with Gasteiger partial charge < -0.3 is 9.80 Å². The molecule has 0 unspecified atom stereocenters.